The van der Waals surface area contributed by atoms with E-state index in [9.17, 15) is 9.59 Å². The SMILES string of the molecule is C=CC(=O)N1CC2C(C1)C2Cn1cc(CCCc2cn(C)nc2OC)c2ncc(C3CCC3)n2c1=O.[HH]. The monoisotopic (exact) mass is 492 g/mol. The fraction of sp³-hybridized carbons (Fsp3) is 0.556. The number of imidazole rings is 1. The van der Waals surface area contributed by atoms with E-state index in [0.29, 0.717) is 36.1 Å². The molecule has 3 aliphatic rings. The molecule has 0 spiro atoms. The molecule has 36 heavy (non-hydrogen) atoms. The predicted octanol–water partition coefficient (Wildman–Crippen LogP) is 2.82. The Morgan fingerprint density at radius 2 is 1.97 bits per heavy atom. The summed E-state index contributed by atoms with van der Waals surface area (Å²) < 4.78 is 11.0. The van der Waals surface area contributed by atoms with Crippen molar-refractivity contribution >= 4 is 11.6 Å². The van der Waals surface area contributed by atoms with Gasteiger partial charge in [0, 0.05) is 63.7 Å². The van der Waals surface area contributed by atoms with Crippen LogP contribution in [0.1, 0.15) is 49.8 Å². The van der Waals surface area contributed by atoms with Gasteiger partial charge in [-0.2, -0.15) is 0 Å². The van der Waals surface area contributed by atoms with Gasteiger partial charge in [-0.05, 0) is 55.9 Å². The van der Waals surface area contributed by atoms with Crippen LogP contribution in [0.15, 0.2) is 36.0 Å². The highest BCUT2D eigenvalue weighted by Crippen LogP contribution is 2.52. The zero-order valence-electron chi connectivity index (χ0n) is 21.1. The number of amides is 1. The Kier molecular flexibility index (Phi) is 5.73. The third kappa shape index (κ3) is 3.85. The molecule has 0 N–H and O–H groups in total. The standard InChI is InChI=1S/C27H34N6O3.H2/c1-4-24(34)31-14-20-21(15-31)22(20)16-32-13-18(9-6-10-19-12-30(2)29-26(19)36-3)25-28-11-23(17-7-5-8-17)33(25)27(32)35;/h4,11-13,17,20-22H,1,5-10,14-16H2,2-3H3;1H. The second kappa shape index (κ2) is 8.94. The number of piperidine rings is 1. The fourth-order valence-corrected chi connectivity index (χ4v) is 6.31. The van der Waals surface area contributed by atoms with E-state index in [2.05, 4.69) is 11.7 Å². The van der Waals surface area contributed by atoms with Crippen molar-refractivity contribution in [2.75, 3.05) is 20.2 Å². The Balaban J connectivity index is 0.00000280. The lowest BCUT2D eigenvalue weighted by molar-refractivity contribution is -0.125. The molecule has 3 aromatic heterocycles. The van der Waals surface area contributed by atoms with Crippen LogP contribution in [0.2, 0.25) is 0 Å². The maximum atomic E-state index is 13.7. The summed E-state index contributed by atoms with van der Waals surface area (Å²) in [6, 6.07) is 0. The highest BCUT2D eigenvalue weighted by Gasteiger charge is 2.56. The van der Waals surface area contributed by atoms with E-state index in [1.165, 1.54) is 12.5 Å². The average Bonchev–Trinajstić information content (AvgIpc) is 3.26. The summed E-state index contributed by atoms with van der Waals surface area (Å²) in [4.78, 5) is 32.3. The van der Waals surface area contributed by atoms with Gasteiger partial charge in [0.2, 0.25) is 11.8 Å². The minimum Gasteiger partial charge on any atom is -0.480 e. The van der Waals surface area contributed by atoms with Crippen molar-refractivity contribution in [2.24, 2.45) is 24.8 Å². The Bertz CT molecular complexity index is 1370. The van der Waals surface area contributed by atoms with E-state index in [-0.39, 0.29) is 13.0 Å². The topological polar surface area (TPSA) is 86.7 Å². The average molecular weight is 493 g/mol. The quantitative estimate of drug-likeness (QED) is 0.429. The molecule has 2 atom stereocenters. The first-order chi connectivity index (χ1) is 17.5. The van der Waals surface area contributed by atoms with E-state index in [0.717, 1.165) is 67.7 Å². The van der Waals surface area contributed by atoms with Crippen molar-refractivity contribution in [3.05, 3.63) is 58.6 Å². The number of hydrogen-bond acceptors (Lipinski definition) is 5. The first-order valence-corrected chi connectivity index (χ1v) is 13.1. The van der Waals surface area contributed by atoms with Crippen LogP contribution in [0.4, 0.5) is 0 Å². The number of hydrogen-bond donors (Lipinski definition) is 0. The Morgan fingerprint density at radius 3 is 2.64 bits per heavy atom. The van der Waals surface area contributed by atoms with Gasteiger partial charge < -0.3 is 9.64 Å². The number of methoxy groups -OCH3 is 1. The highest BCUT2D eigenvalue weighted by molar-refractivity contribution is 5.87. The third-order valence-corrected chi connectivity index (χ3v) is 8.57. The number of carbonyl (C=O) groups excluding carboxylic acids is 1. The van der Waals surface area contributed by atoms with Gasteiger partial charge in [-0.15, -0.1) is 5.10 Å². The van der Waals surface area contributed by atoms with E-state index >= 15 is 0 Å². The van der Waals surface area contributed by atoms with Gasteiger partial charge in [0.05, 0.1) is 12.8 Å². The number of likely N-dealkylation sites (tertiary alicyclic amines) is 1. The van der Waals surface area contributed by atoms with Gasteiger partial charge in [-0.3, -0.25) is 14.0 Å². The van der Waals surface area contributed by atoms with Gasteiger partial charge in [0.1, 0.15) is 5.65 Å². The lowest BCUT2D eigenvalue weighted by atomic mass is 9.83. The summed E-state index contributed by atoms with van der Waals surface area (Å²) >= 11 is 0. The molecule has 4 heterocycles. The molecule has 9 nitrogen and oxygen atoms in total. The van der Waals surface area contributed by atoms with E-state index < -0.39 is 0 Å². The first-order valence-electron chi connectivity index (χ1n) is 13.1. The molecule has 192 valence electrons. The maximum Gasteiger partial charge on any atom is 0.334 e. The molecular weight excluding hydrogens is 456 g/mol. The fourth-order valence-electron chi connectivity index (χ4n) is 6.31. The smallest absolute Gasteiger partial charge is 0.334 e. The van der Waals surface area contributed by atoms with Gasteiger partial charge in [0.15, 0.2) is 0 Å². The number of fused-ring (bicyclic) bond motifs is 2. The van der Waals surface area contributed by atoms with Crippen LogP contribution in [0.25, 0.3) is 5.65 Å². The van der Waals surface area contributed by atoms with Crippen molar-refractivity contribution in [3.63, 3.8) is 0 Å². The summed E-state index contributed by atoms with van der Waals surface area (Å²) in [7, 11) is 3.55. The highest BCUT2D eigenvalue weighted by atomic mass is 16.5. The normalized spacial score (nSPS) is 23.1. The maximum absolute atomic E-state index is 13.7. The van der Waals surface area contributed by atoms with Gasteiger partial charge in [0.25, 0.3) is 0 Å². The second-order valence-corrected chi connectivity index (χ2v) is 10.7. The summed E-state index contributed by atoms with van der Waals surface area (Å²) in [6.45, 7) is 5.86. The van der Waals surface area contributed by atoms with Crippen molar-refractivity contribution < 1.29 is 11.0 Å². The molecule has 1 saturated heterocycles. The number of carbonyl (C=O) groups is 1. The molecule has 6 rings (SSSR count). The minimum absolute atomic E-state index is 0. The lowest BCUT2D eigenvalue weighted by Gasteiger charge is -2.25. The summed E-state index contributed by atoms with van der Waals surface area (Å²) in [6.07, 6.45) is 13.4. The van der Waals surface area contributed by atoms with Crippen molar-refractivity contribution in [3.8, 4) is 5.88 Å². The van der Waals surface area contributed by atoms with Crippen molar-refractivity contribution in [1.29, 1.82) is 0 Å². The van der Waals surface area contributed by atoms with Crippen LogP contribution in [0, 0.1) is 17.8 Å². The molecule has 0 radical (unpaired) electrons. The molecular formula is C27H36N6O3. The number of aromatic nitrogens is 5. The molecule has 9 heteroatoms. The molecule has 2 aliphatic carbocycles. The zero-order valence-corrected chi connectivity index (χ0v) is 21.1. The molecule has 3 fully saturated rings. The number of ether oxygens (including phenoxy) is 1. The summed E-state index contributed by atoms with van der Waals surface area (Å²) in [5.74, 6) is 2.51. The lowest BCUT2D eigenvalue weighted by Crippen LogP contribution is -2.33. The zero-order chi connectivity index (χ0) is 25.0. The second-order valence-electron chi connectivity index (χ2n) is 10.7. The molecule has 0 bridgehead atoms. The largest absolute Gasteiger partial charge is 0.480 e. The van der Waals surface area contributed by atoms with E-state index in [1.54, 1.807) is 11.8 Å². The Hall–Kier alpha value is -3.36. The van der Waals surface area contributed by atoms with Crippen LogP contribution < -0.4 is 10.4 Å². The van der Waals surface area contributed by atoms with E-state index in [4.69, 9.17) is 9.72 Å². The number of rotatable bonds is 9. The van der Waals surface area contributed by atoms with Crippen LogP contribution in [-0.4, -0.2) is 54.7 Å². The van der Waals surface area contributed by atoms with Gasteiger partial charge in [-0.1, -0.05) is 13.0 Å². The molecule has 3 aromatic rings. The van der Waals surface area contributed by atoms with Crippen LogP contribution in [0.5, 0.6) is 5.88 Å². The van der Waals surface area contributed by atoms with Gasteiger partial charge in [-0.25, -0.2) is 14.2 Å². The van der Waals surface area contributed by atoms with E-state index in [1.807, 2.05) is 39.5 Å². The Morgan fingerprint density at radius 1 is 1.22 bits per heavy atom. The molecule has 0 aromatic carbocycles. The molecule has 2 unspecified atom stereocenters. The van der Waals surface area contributed by atoms with Crippen molar-refractivity contribution in [2.45, 2.75) is 51.0 Å². The van der Waals surface area contributed by atoms with Crippen LogP contribution >= 0.6 is 0 Å². The number of nitrogens with zero attached hydrogens (tertiary/aromatic N) is 6. The summed E-state index contributed by atoms with van der Waals surface area (Å²) in [5.41, 5.74) is 4.08. The minimum atomic E-state index is 0. The van der Waals surface area contributed by atoms with Crippen LogP contribution in [0.3, 0.4) is 0 Å². The predicted molar refractivity (Wildman–Crippen MR) is 137 cm³/mol. The first kappa shape index (κ1) is 23.1. The van der Waals surface area contributed by atoms with Gasteiger partial charge >= 0.3 is 5.69 Å². The third-order valence-electron chi connectivity index (χ3n) is 8.57. The van der Waals surface area contributed by atoms with Crippen molar-refractivity contribution in [1.82, 2.24) is 28.6 Å². The molecule has 2 saturated carbocycles. The van der Waals surface area contributed by atoms with Crippen LogP contribution in [-0.2, 0) is 31.2 Å². The molecule has 1 aliphatic heterocycles. The Labute approximate surface area is 211 Å². The molecule has 1 amide bonds. The number of aryl methyl sites for hydroxylation is 3. The summed E-state index contributed by atoms with van der Waals surface area (Å²) in [5, 5.41) is 4.36.